The highest BCUT2D eigenvalue weighted by Crippen LogP contribution is 2.19. The lowest BCUT2D eigenvalue weighted by atomic mass is 10.00. The Labute approximate surface area is 168 Å². The van der Waals surface area contributed by atoms with E-state index in [2.05, 4.69) is 43.3 Å². The molecular weight excluding hydrogens is 346 g/mol. The Morgan fingerprint density at radius 2 is 1.68 bits per heavy atom. The van der Waals surface area contributed by atoms with Crippen molar-refractivity contribution in [3.63, 3.8) is 0 Å². The lowest BCUT2D eigenvalue weighted by molar-refractivity contribution is -0.143. The normalized spacial score (nSPS) is 11.1. The molecule has 3 nitrogen and oxygen atoms in total. The molecule has 0 N–H and O–H groups in total. The van der Waals surface area contributed by atoms with Crippen LogP contribution in [0.25, 0.3) is 11.6 Å². The number of rotatable bonds is 10. The Balaban J connectivity index is 1.75. The molecule has 0 heterocycles. The Morgan fingerprint density at radius 1 is 1.00 bits per heavy atom. The van der Waals surface area contributed by atoms with Crippen molar-refractivity contribution in [2.75, 3.05) is 6.61 Å². The fourth-order valence-electron chi connectivity index (χ4n) is 2.99. The van der Waals surface area contributed by atoms with Crippen molar-refractivity contribution in [2.45, 2.75) is 52.4 Å². The molecule has 0 aliphatic heterocycles. The number of unbranched alkanes of at least 4 members (excludes halogenated alkanes) is 3. The van der Waals surface area contributed by atoms with Gasteiger partial charge in [0.25, 0.3) is 0 Å². The van der Waals surface area contributed by atoms with E-state index in [4.69, 9.17) is 10.00 Å². The summed E-state index contributed by atoms with van der Waals surface area (Å²) in [6, 6.07) is 18.5. The van der Waals surface area contributed by atoms with Crippen molar-refractivity contribution in [1.29, 1.82) is 5.26 Å². The van der Waals surface area contributed by atoms with Crippen molar-refractivity contribution in [3.05, 3.63) is 70.8 Å². The highest BCUT2D eigenvalue weighted by atomic mass is 16.5. The first-order valence-electron chi connectivity index (χ1n) is 10.1. The number of ether oxygens (including phenoxy) is 1. The number of nitrogens with zero attached hydrogens (tertiary/aromatic N) is 1. The van der Waals surface area contributed by atoms with Gasteiger partial charge in [-0.1, -0.05) is 62.2 Å². The number of allylic oxidation sites excluding steroid dienone is 1. The first kappa shape index (κ1) is 21.4. The molecule has 0 radical (unpaired) electrons. The van der Waals surface area contributed by atoms with E-state index < -0.39 is 0 Å². The molecule has 0 atom stereocenters. The van der Waals surface area contributed by atoms with Crippen LogP contribution in [0.1, 0.15) is 68.2 Å². The van der Waals surface area contributed by atoms with E-state index in [-0.39, 0.29) is 5.97 Å². The summed E-state index contributed by atoms with van der Waals surface area (Å²) in [6.45, 7) is 4.47. The van der Waals surface area contributed by atoms with Crippen LogP contribution in [-0.4, -0.2) is 12.6 Å². The number of carbonyl (C=O) groups is 1. The Morgan fingerprint density at radius 3 is 2.32 bits per heavy atom. The molecule has 0 saturated carbocycles. The van der Waals surface area contributed by atoms with Gasteiger partial charge in [-0.3, -0.25) is 4.79 Å². The van der Waals surface area contributed by atoms with E-state index in [0.29, 0.717) is 18.6 Å². The van der Waals surface area contributed by atoms with Crippen LogP contribution in [0, 0.1) is 11.3 Å². The van der Waals surface area contributed by atoms with E-state index >= 15 is 0 Å². The van der Waals surface area contributed by atoms with Crippen molar-refractivity contribution >= 4 is 17.6 Å². The third-order valence-corrected chi connectivity index (χ3v) is 4.74. The van der Waals surface area contributed by atoms with Gasteiger partial charge < -0.3 is 4.74 Å². The van der Waals surface area contributed by atoms with E-state index in [1.165, 1.54) is 16.7 Å². The Kier molecular flexibility index (Phi) is 9.01. The largest absolute Gasteiger partial charge is 0.466 e. The molecule has 0 spiro atoms. The lowest BCUT2D eigenvalue weighted by Gasteiger charge is -2.06. The van der Waals surface area contributed by atoms with Crippen LogP contribution in [-0.2, 0) is 16.0 Å². The maximum absolute atomic E-state index is 11.1. The van der Waals surface area contributed by atoms with E-state index in [9.17, 15) is 4.79 Å². The molecule has 0 fully saturated rings. The summed E-state index contributed by atoms with van der Waals surface area (Å²) in [6.07, 6.45) is 8.03. The standard InChI is InChI=1S/C25H29NO2/c1-3-25(27)28-17-7-5-4-6-8-21-13-15-24(16-14-21)20(2)18-22-9-11-23(19-26)12-10-22/h9-16,18H,3-8,17H2,1-2H3/b20-18+. The maximum Gasteiger partial charge on any atom is 0.305 e. The fourth-order valence-corrected chi connectivity index (χ4v) is 2.99. The Hall–Kier alpha value is -2.86. The summed E-state index contributed by atoms with van der Waals surface area (Å²) >= 11 is 0. The average Bonchev–Trinajstić information content (AvgIpc) is 2.73. The molecule has 0 amide bonds. The van der Waals surface area contributed by atoms with Gasteiger partial charge in [0.15, 0.2) is 0 Å². The third-order valence-electron chi connectivity index (χ3n) is 4.74. The highest BCUT2D eigenvalue weighted by Gasteiger charge is 2.00. The SMILES string of the molecule is CCC(=O)OCCCCCCc1ccc(/C(C)=C/c2ccc(C#N)cc2)cc1. The van der Waals surface area contributed by atoms with Crippen molar-refractivity contribution < 1.29 is 9.53 Å². The van der Waals surface area contributed by atoms with E-state index in [1.807, 2.05) is 31.2 Å². The molecule has 0 bridgehead atoms. The summed E-state index contributed by atoms with van der Waals surface area (Å²) in [5.74, 6) is -0.108. The van der Waals surface area contributed by atoms with Gasteiger partial charge in [-0.15, -0.1) is 0 Å². The molecule has 2 aromatic rings. The summed E-state index contributed by atoms with van der Waals surface area (Å²) in [7, 11) is 0. The molecule has 0 aliphatic rings. The monoisotopic (exact) mass is 375 g/mol. The van der Waals surface area contributed by atoms with E-state index in [1.54, 1.807) is 0 Å². The van der Waals surface area contributed by atoms with Crippen molar-refractivity contribution in [1.82, 2.24) is 0 Å². The van der Waals surface area contributed by atoms with Gasteiger partial charge in [0.1, 0.15) is 0 Å². The molecule has 3 heteroatoms. The van der Waals surface area contributed by atoms with Gasteiger partial charge in [-0.25, -0.2) is 0 Å². The van der Waals surface area contributed by atoms with Crippen LogP contribution < -0.4 is 0 Å². The number of nitriles is 1. The topological polar surface area (TPSA) is 50.1 Å². The smallest absolute Gasteiger partial charge is 0.305 e. The number of hydrogen-bond acceptors (Lipinski definition) is 3. The van der Waals surface area contributed by atoms with Crippen LogP contribution in [0.2, 0.25) is 0 Å². The maximum atomic E-state index is 11.1. The van der Waals surface area contributed by atoms with Crippen LogP contribution in [0.4, 0.5) is 0 Å². The molecule has 0 unspecified atom stereocenters. The fraction of sp³-hybridized carbons (Fsp3) is 0.360. The third kappa shape index (κ3) is 7.40. The second-order valence-electron chi connectivity index (χ2n) is 7.00. The number of carbonyl (C=O) groups excluding carboxylic acids is 1. The minimum absolute atomic E-state index is 0.108. The quantitative estimate of drug-likeness (QED) is 0.283. The van der Waals surface area contributed by atoms with Crippen LogP contribution in [0.15, 0.2) is 48.5 Å². The average molecular weight is 376 g/mol. The number of esters is 1. The molecule has 2 aromatic carbocycles. The molecule has 0 aromatic heterocycles. The molecule has 2 rings (SSSR count). The first-order valence-corrected chi connectivity index (χ1v) is 10.1. The zero-order chi connectivity index (χ0) is 20.2. The molecule has 0 saturated heterocycles. The van der Waals surface area contributed by atoms with Gasteiger partial charge in [0, 0.05) is 6.42 Å². The van der Waals surface area contributed by atoms with Gasteiger partial charge in [-0.2, -0.15) is 5.26 Å². The Bertz CT molecular complexity index is 811. The first-order chi connectivity index (χ1) is 13.6. The minimum Gasteiger partial charge on any atom is -0.466 e. The van der Waals surface area contributed by atoms with Gasteiger partial charge >= 0.3 is 5.97 Å². The molecule has 146 valence electrons. The highest BCUT2D eigenvalue weighted by molar-refractivity contribution is 5.80. The predicted molar refractivity (Wildman–Crippen MR) is 115 cm³/mol. The summed E-state index contributed by atoms with van der Waals surface area (Å²) in [5.41, 5.74) is 5.56. The van der Waals surface area contributed by atoms with Crippen molar-refractivity contribution in [2.24, 2.45) is 0 Å². The predicted octanol–water partition coefficient (Wildman–Crippen LogP) is 6.17. The number of aryl methyl sites for hydroxylation is 1. The zero-order valence-electron chi connectivity index (χ0n) is 16.9. The number of benzene rings is 2. The van der Waals surface area contributed by atoms with Crippen LogP contribution in [0.5, 0.6) is 0 Å². The van der Waals surface area contributed by atoms with Crippen LogP contribution >= 0.6 is 0 Å². The van der Waals surface area contributed by atoms with Crippen molar-refractivity contribution in [3.8, 4) is 6.07 Å². The zero-order valence-corrected chi connectivity index (χ0v) is 16.9. The summed E-state index contributed by atoms with van der Waals surface area (Å²) < 4.78 is 5.09. The number of hydrogen-bond donors (Lipinski definition) is 0. The second-order valence-corrected chi connectivity index (χ2v) is 7.00. The van der Waals surface area contributed by atoms with Gasteiger partial charge in [-0.05, 0) is 60.6 Å². The van der Waals surface area contributed by atoms with Crippen LogP contribution in [0.3, 0.4) is 0 Å². The van der Waals surface area contributed by atoms with Gasteiger partial charge in [0.2, 0.25) is 0 Å². The summed E-state index contributed by atoms with van der Waals surface area (Å²) in [5, 5.41) is 8.88. The molecule has 0 aliphatic carbocycles. The summed E-state index contributed by atoms with van der Waals surface area (Å²) in [4.78, 5) is 11.1. The molecular formula is C25H29NO2. The second kappa shape index (κ2) is 11.8. The lowest BCUT2D eigenvalue weighted by Crippen LogP contribution is -2.03. The van der Waals surface area contributed by atoms with E-state index in [0.717, 1.165) is 37.7 Å². The minimum atomic E-state index is -0.108. The van der Waals surface area contributed by atoms with Gasteiger partial charge in [0.05, 0.1) is 18.2 Å². The molecule has 28 heavy (non-hydrogen) atoms.